The average molecular weight is 254 g/mol. The number of nitrogens with one attached hydrogen (secondary N) is 2. The Morgan fingerprint density at radius 1 is 1.39 bits per heavy atom. The number of aromatic amines is 1. The minimum absolute atomic E-state index is 0.336. The van der Waals surface area contributed by atoms with Gasteiger partial charge in [-0.1, -0.05) is 13.3 Å². The first kappa shape index (κ1) is 14.6. The van der Waals surface area contributed by atoms with Crippen molar-refractivity contribution in [3.8, 4) is 0 Å². The summed E-state index contributed by atoms with van der Waals surface area (Å²) in [6, 6.07) is 1.82. The monoisotopic (exact) mass is 254 g/mol. The molecule has 102 valence electrons. The molecule has 5 nitrogen and oxygen atoms in total. The van der Waals surface area contributed by atoms with E-state index in [0.717, 1.165) is 25.1 Å². The number of esters is 1. The Bertz CT molecular complexity index is 350. The van der Waals surface area contributed by atoms with E-state index in [1.54, 1.807) is 13.1 Å². The zero-order valence-corrected chi connectivity index (χ0v) is 11.1. The van der Waals surface area contributed by atoms with Crippen LogP contribution in [0.2, 0.25) is 0 Å². The van der Waals surface area contributed by atoms with Crippen molar-refractivity contribution in [3.63, 3.8) is 0 Å². The third kappa shape index (κ3) is 4.79. The summed E-state index contributed by atoms with van der Waals surface area (Å²) in [4.78, 5) is 14.4. The van der Waals surface area contributed by atoms with E-state index < -0.39 is 0 Å². The maximum absolute atomic E-state index is 11.6. The summed E-state index contributed by atoms with van der Waals surface area (Å²) in [5.74, 6) is -0.336. The maximum Gasteiger partial charge on any atom is 0.356 e. The molecular formula is C13H22N2O3. The topological polar surface area (TPSA) is 63.3 Å². The van der Waals surface area contributed by atoms with Gasteiger partial charge in [0.05, 0.1) is 18.9 Å². The SMILES string of the molecule is CCCCOCCNc1cc[nH]c1C(=O)OCC. The fraction of sp³-hybridized carbons (Fsp3) is 0.615. The fourth-order valence-electron chi connectivity index (χ4n) is 1.50. The van der Waals surface area contributed by atoms with Gasteiger partial charge < -0.3 is 19.8 Å². The van der Waals surface area contributed by atoms with Crippen molar-refractivity contribution in [2.24, 2.45) is 0 Å². The standard InChI is InChI=1S/C13H22N2O3/c1-3-5-9-17-10-8-14-11-6-7-15-12(11)13(16)18-4-2/h6-7,14-15H,3-5,8-10H2,1-2H3. The minimum atomic E-state index is -0.336. The minimum Gasteiger partial charge on any atom is -0.461 e. The highest BCUT2D eigenvalue weighted by Crippen LogP contribution is 2.14. The van der Waals surface area contributed by atoms with Crippen LogP contribution in [-0.4, -0.2) is 37.3 Å². The van der Waals surface area contributed by atoms with Gasteiger partial charge in [-0.2, -0.15) is 0 Å². The Labute approximate surface area is 108 Å². The Hall–Kier alpha value is -1.49. The summed E-state index contributed by atoms with van der Waals surface area (Å²) >= 11 is 0. The van der Waals surface area contributed by atoms with E-state index >= 15 is 0 Å². The molecular weight excluding hydrogens is 232 g/mol. The van der Waals surface area contributed by atoms with E-state index in [9.17, 15) is 4.79 Å². The zero-order chi connectivity index (χ0) is 13.2. The van der Waals surface area contributed by atoms with Gasteiger partial charge in [-0.3, -0.25) is 0 Å². The third-order valence-electron chi connectivity index (χ3n) is 2.43. The van der Waals surface area contributed by atoms with E-state index in [1.165, 1.54) is 0 Å². The van der Waals surface area contributed by atoms with E-state index in [1.807, 2.05) is 6.07 Å². The van der Waals surface area contributed by atoms with Crippen molar-refractivity contribution in [3.05, 3.63) is 18.0 Å². The number of unbranched alkanes of at least 4 members (excludes halogenated alkanes) is 1. The second-order valence-corrected chi connectivity index (χ2v) is 3.88. The quantitative estimate of drug-likeness (QED) is 0.525. The van der Waals surface area contributed by atoms with Crippen molar-refractivity contribution >= 4 is 11.7 Å². The van der Waals surface area contributed by atoms with Gasteiger partial charge >= 0.3 is 5.97 Å². The molecule has 0 saturated heterocycles. The molecule has 0 unspecified atom stereocenters. The molecule has 1 aromatic heterocycles. The Morgan fingerprint density at radius 3 is 2.94 bits per heavy atom. The molecule has 1 aromatic rings. The molecule has 0 aliphatic heterocycles. The number of hydrogen-bond acceptors (Lipinski definition) is 4. The van der Waals surface area contributed by atoms with Gasteiger partial charge in [-0.05, 0) is 19.4 Å². The van der Waals surface area contributed by atoms with Gasteiger partial charge in [-0.15, -0.1) is 0 Å². The van der Waals surface area contributed by atoms with Crippen molar-refractivity contribution in [2.45, 2.75) is 26.7 Å². The van der Waals surface area contributed by atoms with E-state index in [-0.39, 0.29) is 5.97 Å². The number of hydrogen-bond donors (Lipinski definition) is 2. The lowest BCUT2D eigenvalue weighted by molar-refractivity contribution is 0.0521. The van der Waals surface area contributed by atoms with Crippen LogP contribution in [0.1, 0.15) is 37.2 Å². The molecule has 0 amide bonds. The molecule has 0 aliphatic carbocycles. The van der Waals surface area contributed by atoms with Crippen LogP contribution in [-0.2, 0) is 9.47 Å². The predicted octanol–water partition coefficient (Wildman–Crippen LogP) is 2.42. The van der Waals surface area contributed by atoms with Crippen LogP contribution in [0.4, 0.5) is 5.69 Å². The molecule has 0 fully saturated rings. The van der Waals surface area contributed by atoms with Crippen LogP contribution in [0.25, 0.3) is 0 Å². The van der Waals surface area contributed by atoms with E-state index in [2.05, 4.69) is 17.2 Å². The molecule has 1 heterocycles. The van der Waals surface area contributed by atoms with E-state index in [0.29, 0.717) is 25.5 Å². The number of H-pyrrole nitrogens is 1. The summed E-state index contributed by atoms with van der Waals surface area (Å²) in [7, 11) is 0. The number of aromatic nitrogens is 1. The number of rotatable bonds is 9. The second-order valence-electron chi connectivity index (χ2n) is 3.88. The van der Waals surface area contributed by atoms with Gasteiger partial charge in [0.1, 0.15) is 5.69 Å². The molecule has 0 radical (unpaired) electrons. The molecule has 5 heteroatoms. The van der Waals surface area contributed by atoms with Gasteiger partial charge in [-0.25, -0.2) is 4.79 Å². The molecule has 1 rings (SSSR count). The summed E-state index contributed by atoms with van der Waals surface area (Å²) < 4.78 is 10.4. The first-order chi connectivity index (χ1) is 8.79. The molecule has 0 atom stereocenters. The summed E-state index contributed by atoms with van der Waals surface area (Å²) in [5, 5.41) is 3.15. The summed E-state index contributed by atoms with van der Waals surface area (Å²) in [6.07, 6.45) is 3.93. The number of anilines is 1. The lowest BCUT2D eigenvalue weighted by Crippen LogP contribution is -2.13. The Morgan fingerprint density at radius 2 is 2.22 bits per heavy atom. The summed E-state index contributed by atoms with van der Waals surface area (Å²) in [6.45, 7) is 6.39. The van der Waals surface area contributed by atoms with Crippen LogP contribution >= 0.6 is 0 Å². The van der Waals surface area contributed by atoms with Crippen molar-refractivity contribution < 1.29 is 14.3 Å². The van der Waals surface area contributed by atoms with Crippen LogP contribution in [0, 0.1) is 0 Å². The number of ether oxygens (including phenoxy) is 2. The first-order valence-corrected chi connectivity index (χ1v) is 6.45. The van der Waals surface area contributed by atoms with Gasteiger partial charge in [0.25, 0.3) is 0 Å². The van der Waals surface area contributed by atoms with Gasteiger partial charge in [0.15, 0.2) is 0 Å². The number of carbonyl (C=O) groups is 1. The first-order valence-electron chi connectivity index (χ1n) is 6.45. The lowest BCUT2D eigenvalue weighted by Gasteiger charge is -2.07. The van der Waals surface area contributed by atoms with Gasteiger partial charge in [0.2, 0.25) is 0 Å². The molecule has 0 saturated carbocycles. The van der Waals surface area contributed by atoms with Crippen LogP contribution in [0.15, 0.2) is 12.3 Å². The highest BCUT2D eigenvalue weighted by atomic mass is 16.5. The fourth-order valence-corrected chi connectivity index (χ4v) is 1.50. The largest absolute Gasteiger partial charge is 0.461 e. The molecule has 18 heavy (non-hydrogen) atoms. The predicted molar refractivity (Wildman–Crippen MR) is 71.0 cm³/mol. The second kappa shape index (κ2) is 8.58. The Balaban J connectivity index is 2.30. The highest BCUT2D eigenvalue weighted by molar-refractivity contribution is 5.93. The highest BCUT2D eigenvalue weighted by Gasteiger charge is 2.12. The number of carbonyl (C=O) groups excluding carboxylic acids is 1. The molecule has 0 aromatic carbocycles. The zero-order valence-electron chi connectivity index (χ0n) is 11.1. The van der Waals surface area contributed by atoms with Crippen molar-refractivity contribution in [1.29, 1.82) is 0 Å². The van der Waals surface area contributed by atoms with Crippen LogP contribution in [0.3, 0.4) is 0 Å². The maximum atomic E-state index is 11.6. The Kier molecular flexibility index (Phi) is 6.94. The average Bonchev–Trinajstić information content (AvgIpc) is 2.82. The molecule has 0 spiro atoms. The molecule has 2 N–H and O–H groups in total. The van der Waals surface area contributed by atoms with Crippen molar-refractivity contribution in [2.75, 3.05) is 31.7 Å². The van der Waals surface area contributed by atoms with Crippen molar-refractivity contribution in [1.82, 2.24) is 4.98 Å². The normalized spacial score (nSPS) is 10.3. The van der Waals surface area contributed by atoms with E-state index in [4.69, 9.17) is 9.47 Å². The lowest BCUT2D eigenvalue weighted by atomic mass is 10.3. The third-order valence-corrected chi connectivity index (χ3v) is 2.43. The smallest absolute Gasteiger partial charge is 0.356 e. The molecule has 0 bridgehead atoms. The van der Waals surface area contributed by atoms with Crippen LogP contribution in [0.5, 0.6) is 0 Å². The molecule has 0 aliphatic rings. The van der Waals surface area contributed by atoms with Gasteiger partial charge in [0, 0.05) is 19.3 Å². The summed E-state index contributed by atoms with van der Waals surface area (Å²) in [5.41, 5.74) is 1.22. The van der Waals surface area contributed by atoms with Crippen LogP contribution < -0.4 is 5.32 Å².